The average Bonchev–Trinajstić information content (AvgIpc) is 2.05. The van der Waals surface area contributed by atoms with Crippen LogP contribution in [0, 0.1) is 0 Å². The van der Waals surface area contributed by atoms with Crippen LogP contribution in [-0.4, -0.2) is 38.3 Å². The normalized spacial score (nSPS) is 26.5. The van der Waals surface area contributed by atoms with E-state index in [0.717, 1.165) is 0 Å². The first kappa shape index (κ1) is 12.0. The summed E-state index contributed by atoms with van der Waals surface area (Å²) in [6, 6.07) is -0.733. The van der Waals surface area contributed by atoms with E-state index in [-0.39, 0.29) is 19.0 Å². The Bertz CT molecular complexity index is 119. The van der Waals surface area contributed by atoms with Crippen LogP contribution in [0.1, 0.15) is 0 Å². The zero-order chi connectivity index (χ0) is 8.27. The molecule has 0 aliphatic carbocycles. The second-order valence-corrected chi connectivity index (χ2v) is 2.54. The Kier molecular flexibility index (Phi) is 5.61. The first-order chi connectivity index (χ1) is 5.22. The Morgan fingerprint density at radius 2 is 1.83 bits per heavy atom. The molecule has 0 aromatic rings. The second kappa shape index (κ2) is 5.61. The maximum atomic E-state index is 12.6. The van der Waals surface area contributed by atoms with Gasteiger partial charge in [-0.3, -0.25) is 0 Å². The van der Waals surface area contributed by atoms with Crippen LogP contribution in [0.3, 0.4) is 0 Å². The Morgan fingerprint density at radius 3 is 2.25 bits per heavy atom. The van der Waals surface area contributed by atoms with Crippen LogP contribution in [0.4, 0.5) is 13.2 Å². The lowest BCUT2D eigenvalue weighted by molar-refractivity contribution is 0.0253. The summed E-state index contributed by atoms with van der Waals surface area (Å²) in [5.74, 6) is 0. The van der Waals surface area contributed by atoms with E-state index < -0.39 is 18.6 Å². The van der Waals surface area contributed by atoms with Crippen molar-refractivity contribution in [3.63, 3.8) is 0 Å². The summed E-state index contributed by atoms with van der Waals surface area (Å²) in [5.41, 5.74) is 0. The first-order valence-corrected chi connectivity index (χ1v) is 3.58. The third-order valence-corrected chi connectivity index (χ3v) is 1.70. The van der Waals surface area contributed by atoms with Crippen LogP contribution < -0.4 is 10.6 Å². The molecule has 1 fully saturated rings. The Balaban J connectivity index is 0.00000121. The standard InChI is InChI=1S/C6H11F3N2.ClH/c7-5(6(8)9)4-3-10-1-2-11-4;/h4-6,10-11H,1-3H2;1H. The number of halogens is 4. The van der Waals surface area contributed by atoms with Crippen LogP contribution in [0.25, 0.3) is 0 Å². The van der Waals surface area contributed by atoms with E-state index in [4.69, 9.17) is 0 Å². The van der Waals surface area contributed by atoms with Gasteiger partial charge in [-0.15, -0.1) is 12.4 Å². The lowest BCUT2D eigenvalue weighted by atomic mass is 10.1. The molecule has 1 rings (SSSR count). The smallest absolute Gasteiger partial charge is 0.270 e. The van der Waals surface area contributed by atoms with Crippen molar-refractivity contribution in [3.05, 3.63) is 0 Å². The Morgan fingerprint density at radius 1 is 1.17 bits per heavy atom. The van der Waals surface area contributed by atoms with Gasteiger partial charge >= 0.3 is 0 Å². The van der Waals surface area contributed by atoms with E-state index in [9.17, 15) is 13.2 Å². The van der Waals surface area contributed by atoms with Gasteiger partial charge in [0, 0.05) is 19.6 Å². The number of nitrogens with one attached hydrogen (secondary N) is 2. The van der Waals surface area contributed by atoms with Gasteiger partial charge in [0.05, 0.1) is 6.04 Å². The van der Waals surface area contributed by atoms with Gasteiger partial charge in [0.15, 0.2) is 6.17 Å². The van der Waals surface area contributed by atoms with Gasteiger partial charge in [-0.1, -0.05) is 0 Å². The van der Waals surface area contributed by atoms with E-state index in [1.165, 1.54) is 0 Å². The lowest BCUT2D eigenvalue weighted by Crippen LogP contribution is -2.54. The van der Waals surface area contributed by atoms with Gasteiger partial charge in [-0.05, 0) is 0 Å². The molecular weight excluding hydrogens is 193 g/mol. The van der Waals surface area contributed by atoms with Crippen molar-refractivity contribution in [3.8, 4) is 0 Å². The number of hydrogen-bond acceptors (Lipinski definition) is 2. The third kappa shape index (κ3) is 3.16. The number of alkyl halides is 3. The molecule has 0 aromatic carbocycles. The zero-order valence-electron chi connectivity index (χ0n) is 6.40. The molecule has 0 radical (unpaired) electrons. The highest BCUT2D eigenvalue weighted by Gasteiger charge is 2.30. The Hall–Kier alpha value is -0.0000000000000000416. The van der Waals surface area contributed by atoms with Crippen molar-refractivity contribution in [2.75, 3.05) is 19.6 Å². The van der Waals surface area contributed by atoms with Crippen molar-refractivity contribution in [2.24, 2.45) is 0 Å². The molecule has 12 heavy (non-hydrogen) atoms. The molecule has 6 heteroatoms. The highest BCUT2D eigenvalue weighted by molar-refractivity contribution is 5.85. The summed E-state index contributed by atoms with van der Waals surface area (Å²) in [7, 11) is 0. The minimum Gasteiger partial charge on any atom is -0.314 e. The van der Waals surface area contributed by atoms with Crippen molar-refractivity contribution in [1.29, 1.82) is 0 Å². The van der Waals surface area contributed by atoms with E-state index in [2.05, 4.69) is 10.6 Å². The highest BCUT2D eigenvalue weighted by atomic mass is 35.5. The molecule has 2 N–H and O–H groups in total. The van der Waals surface area contributed by atoms with Gasteiger partial charge in [-0.25, -0.2) is 13.2 Å². The minimum absolute atomic E-state index is 0. The van der Waals surface area contributed by atoms with Crippen molar-refractivity contribution >= 4 is 12.4 Å². The third-order valence-electron chi connectivity index (χ3n) is 1.70. The predicted octanol–water partition coefficient (Wildman–Crippen LogP) is 0.573. The maximum absolute atomic E-state index is 12.6. The van der Waals surface area contributed by atoms with Crippen molar-refractivity contribution in [1.82, 2.24) is 10.6 Å². The van der Waals surface area contributed by atoms with E-state index in [1.54, 1.807) is 0 Å². The SMILES string of the molecule is Cl.FC(F)C(F)C1CNCCN1. The topological polar surface area (TPSA) is 24.1 Å². The summed E-state index contributed by atoms with van der Waals surface area (Å²) >= 11 is 0. The molecular formula is C6H12ClF3N2. The fourth-order valence-corrected chi connectivity index (χ4v) is 1.08. The molecule has 2 atom stereocenters. The molecule has 2 unspecified atom stereocenters. The van der Waals surface area contributed by atoms with Gasteiger partial charge in [0.25, 0.3) is 6.43 Å². The van der Waals surface area contributed by atoms with E-state index in [0.29, 0.717) is 13.1 Å². The monoisotopic (exact) mass is 204 g/mol. The fourth-order valence-electron chi connectivity index (χ4n) is 1.08. The van der Waals surface area contributed by atoms with Gasteiger partial charge in [-0.2, -0.15) is 0 Å². The van der Waals surface area contributed by atoms with Gasteiger partial charge in [0.2, 0.25) is 0 Å². The second-order valence-electron chi connectivity index (χ2n) is 2.54. The summed E-state index contributed by atoms with van der Waals surface area (Å²) in [5, 5.41) is 5.52. The quantitative estimate of drug-likeness (QED) is 0.688. The van der Waals surface area contributed by atoms with E-state index >= 15 is 0 Å². The van der Waals surface area contributed by atoms with Crippen LogP contribution in [0.2, 0.25) is 0 Å². The predicted molar refractivity (Wildman–Crippen MR) is 42.8 cm³/mol. The molecule has 1 aliphatic rings. The number of hydrogen-bond donors (Lipinski definition) is 2. The van der Waals surface area contributed by atoms with Crippen LogP contribution in [0.15, 0.2) is 0 Å². The first-order valence-electron chi connectivity index (χ1n) is 3.58. The molecule has 1 heterocycles. The summed E-state index contributed by atoms with van der Waals surface area (Å²) in [6.07, 6.45) is -4.94. The summed E-state index contributed by atoms with van der Waals surface area (Å²) in [4.78, 5) is 0. The minimum atomic E-state index is -2.88. The maximum Gasteiger partial charge on any atom is 0.270 e. The lowest BCUT2D eigenvalue weighted by Gasteiger charge is -2.26. The van der Waals surface area contributed by atoms with Crippen LogP contribution in [-0.2, 0) is 0 Å². The molecule has 1 saturated heterocycles. The van der Waals surface area contributed by atoms with Crippen LogP contribution in [0.5, 0.6) is 0 Å². The fraction of sp³-hybridized carbons (Fsp3) is 1.00. The largest absolute Gasteiger partial charge is 0.314 e. The van der Waals surface area contributed by atoms with E-state index in [1.807, 2.05) is 0 Å². The van der Waals surface area contributed by atoms with Crippen molar-refractivity contribution < 1.29 is 13.2 Å². The molecule has 2 nitrogen and oxygen atoms in total. The molecule has 1 aliphatic heterocycles. The molecule has 0 amide bonds. The molecule has 0 spiro atoms. The number of piperazine rings is 1. The van der Waals surface area contributed by atoms with Crippen molar-refractivity contribution in [2.45, 2.75) is 18.6 Å². The number of rotatable bonds is 2. The Labute approximate surface area is 75.3 Å². The van der Waals surface area contributed by atoms with Gasteiger partial charge in [0.1, 0.15) is 0 Å². The summed E-state index contributed by atoms with van der Waals surface area (Å²) < 4.78 is 36.1. The van der Waals surface area contributed by atoms with Crippen LogP contribution >= 0.6 is 12.4 Å². The zero-order valence-corrected chi connectivity index (χ0v) is 7.21. The molecule has 74 valence electrons. The molecule has 0 saturated carbocycles. The highest BCUT2D eigenvalue weighted by Crippen LogP contribution is 2.10. The van der Waals surface area contributed by atoms with Gasteiger partial charge < -0.3 is 10.6 Å². The molecule has 0 aromatic heterocycles. The average molecular weight is 205 g/mol. The molecule has 0 bridgehead atoms. The summed E-state index contributed by atoms with van der Waals surface area (Å²) in [6.45, 7) is 1.55.